The highest BCUT2D eigenvalue weighted by atomic mass is 32.2. The van der Waals surface area contributed by atoms with Gasteiger partial charge >= 0.3 is 5.97 Å². The molecular weight excluding hydrogens is 290 g/mol. The third kappa shape index (κ3) is 6.68. The fourth-order valence-corrected chi connectivity index (χ4v) is 1.71. The van der Waals surface area contributed by atoms with Crippen LogP contribution in [0.1, 0.15) is 0 Å². The Balaban J connectivity index is 2.57. The summed E-state index contributed by atoms with van der Waals surface area (Å²) in [7, 11) is -3.90. The lowest BCUT2D eigenvalue weighted by molar-refractivity contribution is -0.143. The minimum Gasteiger partial charge on any atom is -0.480 e. The Hall–Kier alpha value is -2.17. The molecule has 1 rings (SSSR count). The fourth-order valence-electron chi connectivity index (χ4n) is 1.25. The highest BCUT2D eigenvalue weighted by Crippen LogP contribution is 2.15. The van der Waals surface area contributed by atoms with Gasteiger partial charge < -0.3 is 15.2 Å². The van der Waals surface area contributed by atoms with Crippen LogP contribution in [0, 0.1) is 0 Å². The molecule has 0 aliphatic rings. The molecule has 0 fully saturated rings. The topological polar surface area (TPSA) is 148 Å². The van der Waals surface area contributed by atoms with E-state index in [9.17, 15) is 18.0 Å². The molecule has 0 aliphatic carbocycles. The molecule has 0 spiro atoms. The Morgan fingerprint density at radius 1 is 1.25 bits per heavy atom. The molecule has 1 aromatic rings. The molecule has 0 unspecified atom stereocenters. The molecule has 0 saturated carbocycles. The van der Waals surface area contributed by atoms with Gasteiger partial charge in [-0.2, -0.15) is 8.42 Å². The van der Waals surface area contributed by atoms with Crippen molar-refractivity contribution in [2.45, 2.75) is 0 Å². The lowest BCUT2D eigenvalue weighted by Crippen LogP contribution is -2.22. The zero-order chi connectivity index (χ0) is 15.2. The van der Waals surface area contributed by atoms with E-state index in [1.54, 1.807) is 0 Å². The van der Waals surface area contributed by atoms with Crippen molar-refractivity contribution in [3.63, 3.8) is 0 Å². The zero-order valence-corrected chi connectivity index (χ0v) is 11.0. The van der Waals surface area contributed by atoms with Crippen LogP contribution in [0.25, 0.3) is 0 Å². The monoisotopic (exact) mass is 303 g/mol. The van der Waals surface area contributed by atoms with Crippen LogP contribution < -0.4 is 15.2 Å². The first-order chi connectivity index (χ1) is 9.26. The summed E-state index contributed by atoms with van der Waals surface area (Å²) in [5.74, 6) is -1.75. The Morgan fingerprint density at radius 3 is 2.50 bits per heavy atom. The summed E-state index contributed by atoms with van der Waals surface area (Å²) < 4.78 is 28.3. The molecule has 9 nitrogen and oxygen atoms in total. The normalized spacial score (nSPS) is 10.8. The number of hydrogen-bond acceptors (Lipinski definition) is 5. The average molecular weight is 303 g/mol. The van der Waals surface area contributed by atoms with E-state index in [1.807, 2.05) is 4.72 Å². The van der Waals surface area contributed by atoms with Crippen LogP contribution >= 0.6 is 0 Å². The third-order valence-electron chi connectivity index (χ3n) is 1.87. The predicted octanol–water partition coefficient (Wildman–Crippen LogP) is -0.658. The molecule has 110 valence electrons. The number of aliphatic carboxylic acids is 1. The van der Waals surface area contributed by atoms with E-state index in [0.29, 0.717) is 5.69 Å². The number of nitrogens with two attached hydrogens (primary N) is 1. The van der Waals surface area contributed by atoms with Gasteiger partial charge in [-0.15, -0.1) is 0 Å². The first-order valence-corrected chi connectivity index (χ1v) is 6.81. The van der Waals surface area contributed by atoms with Gasteiger partial charge in [0.15, 0.2) is 0 Å². The van der Waals surface area contributed by atoms with Crippen LogP contribution in [0.2, 0.25) is 0 Å². The molecule has 1 aromatic carbocycles. The molecule has 1 amide bonds. The maximum atomic E-state index is 11.4. The number of amides is 1. The summed E-state index contributed by atoms with van der Waals surface area (Å²) >= 11 is 0. The van der Waals surface area contributed by atoms with Crippen molar-refractivity contribution in [2.24, 2.45) is 5.14 Å². The van der Waals surface area contributed by atoms with Crippen LogP contribution in [0.4, 0.5) is 11.4 Å². The lowest BCUT2D eigenvalue weighted by Gasteiger charge is -2.08. The van der Waals surface area contributed by atoms with Crippen LogP contribution in [-0.4, -0.2) is 38.6 Å². The first-order valence-electron chi connectivity index (χ1n) is 5.26. The summed E-state index contributed by atoms with van der Waals surface area (Å²) in [6.07, 6.45) is 0. The van der Waals surface area contributed by atoms with E-state index in [0.717, 1.165) is 0 Å². The Labute approximate surface area is 114 Å². The first kappa shape index (κ1) is 15.9. The van der Waals surface area contributed by atoms with Crippen molar-refractivity contribution in [1.29, 1.82) is 0 Å². The van der Waals surface area contributed by atoms with Gasteiger partial charge in [-0.25, -0.2) is 9.93 Å². The van der Waals surface area contributed by atoms with Crippen LogP contribution in [0.5, 0.6) is 0 Å². The van der Waals surface area contributed by atoms with Gasteiger partial charge in [-0.05, 0) is 18.2 Å². The lowest BCUT2D eigenvalue weighted by atomic mass is 10.3. The van der Waals surface area contributed by atoms with E-state index in [-0.39, 0.29) is 5.69 Å². The van der Waals surface area contributed by atoms with Crippen LogP contribution in [-0.2, 0) is 24.5 Å². The number of carbonyl (C=O) groups excluding carboxylic acids is 1. The second-order valence-electron chi connectivity index (χ2n) is 3.66. The second kappa shape index (κ2) is 6.84. The molecule has 10 heteroatoms. The fraction of sp³-hybridized carbons (Fsp3) is 0.200. The Morgan fingerprint density at radius 2 is 1.90 bits per heavy atom. The number of benzene rings is 1. The maximum Gasteiger partial charge on any atom is 0.329 e. The van der Waals surface area contributed by atoms with Crippen molar-refractivity contribution in [3.8, 4) is 0 Å². The number of anilines is 2. The highest BCUT2D eigenvalue weighted by molar-refractivity contribution is 7.90. The minimum absolute atomic E-state index is 0.178. The predicted molar refractivity (Wildman–Crippen MR) is 70.3 cm³/mol. The molecule has 0 aromatic heterocycles. The van der Waals surface area contributed by atoms with Crippen molar-refractivity contribution in [1.82, 2.24) is 0 Å². The number of hydrogen-bond donors (Lipinski definition) is 4. The van der Waals surface area contributed by atoms with E-state index in [2.05, 4.69) is 10.1 Å². The minimum atomic E-state index is -3.90. The van der Waals surface area contributed by atoms with Crippen LogP contribution in [0.3, 0.4) is 0 Å². The number of ether oxygens (including phenoxy) is 1. The smallest absolute Gasteiger partial charge is 0.329 e. The van der Waals surface area contributed by atoms with Gasteiger partial charge in [0.2, 0.25) is 5.91 Å². The number of carboxylic acid groups (broad SMARTS) is 1. The number of carboxylic acids is 1. The molecule has 0 aliphatic heterocycles. The van der Waals surface area contributed by atoms with E-state index in [1.165, 1.54) is 24.3 Å². The van der Waals surface area contributed by atoms with Crippen molar-refractivity contribution >= 4 is 33.5 Å². The third-order valence-corrected chi connectivity index (χ3v) is 2.39. The van der Waals surface area contributed by atoms with E-state index < -0.39 is 35.3 Å². The number of nitrogens with one attached hydrogen (secondary N) is 2. The standard InChI is InChI=1S/C10H13N3O6S/c11-20(17,18)13-8-3-1-2-7(4-8)12-9(14)5-19-6-10(15)16/h1-4,13H,5-6H2,(H,12,14)(H,15,16)(H2,11,17,18). The van der Waals surface area contributed by atoms with Crippen molar-refractivity contribution in [2.75, 3.05) is 23.3 Å². The van der Waals surface area contributed by atoms with Crippen LogP contribution in [0.15, 0.2) is 24.3 Å². The summed E-state index contributed by atoms with van der Waals surface area (Å²) in [6.45, 7) is -1.01. The summed E-state index contributed by atoms with van der Waals surface area (Å²) in [6, 6.07) is 5.81. The zero-order valence-electron chi connectivity index (χ0n) is 10.2. The van der Waals surface area contributed by atoms with Gasteiger partial charge in [0, 0.05) is 5.69 Å². The van der Waals surface area contributed by atoms with E-state index in [4.69, 9.17) is 10.2 Å². The quantitative estimate of drug-likeness (QED) is 0.525. The summed E-state index contributed by atoms with van der Waals surface area (Å²) in [5, 5.41) is 15.5. The largest absolute Gasteiger partial charge is 0.480 e. The Bertz CT molecular complexity index is 601. The van der Waals surface area contributed by atoms with Gasteiger partial charge in [0.1, 0.15) is 13.2 Å². The molecule has 0 bridgehead atoms. The molecule has 0 radical (unpaired) electrons. The van der Waals surface area contributed by atoms with E-state index >= 15 is 0 Å². The molecular formula is C10H13N3O6S. The second-order valence-corrected chi connectivity index (χ2v) is 4.96. The molecule has 20 heavy (non-hydrogen) atoms. The SMILES string of the molecule is NS(=O)(=O)Nc1cccc(NC(=O)COCC(=O)O)c1. The maximum absolute atomic E-state index is 11.4. The molecule has 0 saturated heterocycles. The van der Waals surface area contributed by atoms with Gasteiger partial charge in [-0.3, -0.25) is 9.52 Å². The summed E-state index contributed by atoms with van der Waals surface area (Å²) in [5.41, 5.74) is 0.485. The average Bonchev–Trinajstić information content (AvgIpc) is 2.26. The Kier molecular flexibility index (Phi) is 5.43. The van der Waals surface area contributed by atoms with Gasteiger partial charge in [0.05, 0.1) is 5.69 Å². The summed E-state index contributed by atoms with van der Waals surface area (Å²) in [4.78, 5) is 21.6. The molecule has 0 heterocycles. The molecule has 0 atom stereocenters. The van der Waals surface area contributed by atoms with Gasteiger partial charge in [0.25, 0.3) is 10.2 Å². The van der Waals surface area contributed by atoms with Crippen molar-refractivity contribution in [3.05, 3.63) is 24.3 Å². The number of carbonyl (C=O) groups is 2. The van der Waals surface area contributed by atoms with Gasteiger partial charge in [-0.1, -0.05) is 6.07 Å². The molecule has 5 N–H and O–H groups in total. The number of rotatable bonds is 7. The highest BCUT2D eigenvalue weighted by Gasteiger charge is 2.06. The van der Waals surface area contributed by atoms with Crippen molar-refractivity contribution < 1.29 is 27.9 Å².